The predicted molar refractivity (Wildman–Crippen MR) is 118 cm³/mol. The van der Waals surface area contributed by atoms with Gasteiger partial charge in [0.2, 0.25) is 5.91 Å². The quantitative estimate of drug-likeness (QED) is 0.551. The molecule has 5 heteroatoms. The summed E-state index contributed by atoms with van der Waals surface area (Å²) in [6.45, 7) is 4.97. The SMILES string of the molecule is COc1ccc(-c2csc3c2NC(=O)C[C@H]3c2ccc(OCC(C)C)cc2)cc1. The van der Waals surface area contributed by atoms with Gasteiger partial charge in [-0.05, 0) is 41.3 Å². The fraction of sp³-hybridized carbons (Fsp3) is 0.292. The molecule has 3 aromatic rings. The Bertz CT molecular complexity index is 990. The first kappa shape index (κ1) is 19.5. The molecule has 4 nitrogen and oxygen atoms in total. The van der Waals surface area contributed by atoms with Crippen LogP contribution in [-0.4, -0.2) is 19.6 Å². The first-order chi connectivity index (χ1) is 14.0. The zero-order valence-corrected chi connectivity index (χ0v) is 17.7. The molecule has 1 aromatic heterocycles. The Morgan fingerprint density at radius 1 is 1.07 bits per heavy atom. The minimum Gasteiger partial charge on any atom is -0.497 e. The Hall–Kier alpha value is -2.79. The highest BCUT2D eigenvalue weighted by Crippen LogP contribution is 2.46. The van der Waals surface area contributed by atoms with Gasteiger partial charge in [0, 0.05) is 28.2 Å². The Morgan fingerprint density at radius 3 is 2.41 bits per heavy atom. The first-order valence-corrected chi connectivity index (χ1v) is 10.7. The van der Waals surface area contributed by atoms with Gasteiger partial charge in [-0.15, -0.1) is 11.3 Å². The molecule has 0 bridgehead atoms. The van der Waals surface area contributed by atoms with Crippen LogP contribution in [0.25, 0.3) is 11.1 Å². The fourth-order valence-electron chi connectivity index (χ4n) is 3.54. The molecule has 0 fully saturated rings. The highest BCUT2D eigenvalue weighted by Gasteiger charge is 2.30. The molecular weight excluding hydrogens is 382 g/mol. The maximum Gasteiger partial charge on any atom is 0.225 e. The van der Waals surface area contributed by atoms with Crippen LogP contribution in [0.1, 0.15) is 36.6 Å². The number of carbonyl (C=O) groups excluding carboxylic acids is 1. The van der Waals surface area contributed by atoms with Crippen LogP contribution in [-0.2, 0) is 4.79 Å². The number of anilines is 1. The topological polar surface area (TPSA) is 47.6 Å². The minimum absolute atomic E-state index is 0.0517. The summed E-state index contributed by atoms with van der Waals surface area (Å²) in [7, 11) is 1.66. The zero-order chi connectivity index (χ0) is 20.4. The number of nitrogens with one attached hydrogen (secondary N) is 1. The van der Waals surface area contributed by atoms with E-state index in [0.717, 1.165) is 33.9 Å². The molecule has 1 amide bonds. The van der Waals surface area contributed by atoms with E-state index in [0.29, 0.717) is 18.9 Å². The van der Waals surface area contributed by atoms with Crippen LogP contribution in [0.3, 0.4) is 0 Å². The van der Waals surface area contributed by atoms with Gasteiger partial charge < -0.3 is 14.8 Å². The van der Waals surface area contributed by atoms with Gasteiger partial charge in [0.05, 0.1) is 19.4 Å². The van der Waals surface area contributed by atoms with Crippen LogP contribution in [0.4, 0.5) is 5.69 Å². The largest absolute Gasteiger partial charge is 0.497 e. The Kier molecular flexibility index (Phi) is 5.58. The lowest BCUT2D eigenvalue weighted by molar-refractivity contribution is -0.116. The second-order valence-electron chi connectivity index (χ2n) is 7.70. The average molecular weight is 408 g/mol. The molecule has 150 valence electrons. The lowest BCUT2D eigenvalue weighted by atomic mass is 9.89. The summed E-state index contributed by atoms with van der Waals surface area (Å²) < 4.78 is 11.0. The van der Waals surface area contributed by atoms with Crippen LogP contribution in [0.2, 0.25) is 0 Å². The normalized spacial score (nSPS) is 15.7. The number of carbonyl (C=O) groups is 1. The smallest absolute Gasteiger partial charge is 0.225 e. The Morgan fingerprint density at radius 2 is 1.76 bits per heavy atom. The maximum absolute atomic E-state index is 12.5. The van der Waals surface area contributed by atoms with Crippen LogP contribution in [0.5, 0.6) is 11.5 Å². The molecule has 1 aliphatic heterocycles. The second-order valence-corrected chi connectivity index (χ2v) is 8.61. The molecule has 2 aromatic carbocycles. The van der Waals surface area contributed by atoms with Crippen molar-refractivity contribution in [3.8, 4) is 22.6 Å². The van der Waals surface area contributed by atoms with E-state index >= 15 is 0 Å². The first-order valence-electron chi connectivity index (χ1n) is 9.83. The van der Waals surface area contributed by atoms with Gasteiger partial charge in [-0.2, -0.15) is 0 Å². The van der Waals surface area contributed by atoms with E-state index in [1.54, 1.807) is 18.4 Å². The van der Waals surface area contributed by atoms with Crippen molar-refractivity contribution < 1.29 is 14.3 Å². The van der Waals surface area contributed by atoms with E-state index in [4.69, 9.17) is 9.47 Å². The summed E-state index contributed by atoms with van der Waals surface area (Å²) >= 11 is 1.70. The predicted octanol–water partition coefficient (Wildman–Crippen LogP) is 5.93. The molecule has 1 aliphatic rings. The number of amides is 1. The van der Waals surface area contributed by atoms with Crippen LogP contribution in [0.15, 0.2) is 53.9 Å². The Labute approximate surface area is 175 Å². The van der Waals surface area contributed by atoms with Gasteiger partial charge >= 0.3 is 0 Å². The standard InChI is InChI=1S/C24H25NO3S/c1-15(2)13-28-19-10-6-16(7-11-19)20-12-22(26)25-23-21(14-29-24(20)23)17-4-8-18(27-3)9-5-17/h4-11,14-15,20H,12-13H2,1-3H3,(H,25,26)/t20-/m0/s1. The summed E-state index contributed by atoms with van der Waals surface area (Å²) in [6.07, 6.45) is 0.460. The minimum atomic E-state index is 0.0517. The number of thiophene rings is 1. The summed E-state index contributed by atoms with van der Waals surface area (Å²) in [5, 5.41) is 5.23. The van der Waals surface area contributed by atoms with E-state index in [9.17, 15) is 4.79 Å². The van der Waals surface area contributed by atoms with Crippen LogP contribution < -0.4 is 14.8 Å². The van der Waals surface area contributed by atoms with Crippen molar-refractivity contribution >= 4 is 22.9 Å². The Balaban J connectivity index is 1.63. The van der Waals surface area contributed by atoms with Gasteiger partial charge in [0.25, 0.3) is 0 Å². The highest BCUT2D eigenvalue weighted by atomic mass is 32.1. The molecule has 0 saturated heterocycles. The molecule has 0 unspecified atom stereocenters. The monoisotopic (exact) mass is 407 g/mol. The number of ether oxygens (including phenoxy) is 2. The number of hydrogen-bond acceptors (Lipinski definition) is 4. The van der Waals surface area contributed by atoms with Crippen molar-refractivity contribution in [1.29, 1.82) is 0 Å². The second kappa shape index (κ2) is 8.29. The van der Waals surface area contributed by atoms with Crippen LogP contribution in [0, 0.1) is 5.92 Å². The number of benzene rings is 2. The van der Waals surface area contributed by atoms with Gasteiger partial charge in [-0.3, -0.25) is 4.79 Å². The third-order valence-corrected chi connectivity index (χ3v) is 6.15. The average Bonchev–Trinajstić information content (AvgIpc) is 3.16. The third-order valence-electron chi connectivity index (χ3n) is 5.06. The van der Waals surface area contributed by atoms with E-state index in [1.165, 1.54) is 4.88 Å². The van der Waals surface area contributed by atoms with Gasteiger partial charge in [0.15, 0.2) is 0 Å². The molecule has 4 rings (SSSR count). The van der Waals surface area contributed by atoms with Crippen molar-refractivity contribution in [3.63, 3.8) is 0 Å². The zero-order valence-electron chi connectivity index (χ0n) is 16.9. The van der Waals surface area contributed by atoms with Gasteiger partial charge in [0.1, 0.15) is 11.5 Å². The molecule has 0 aliphatic carbocycles. The molecule has 2 heterocycles. The summed E-state index contributed by atoms with van der Waals surface area (Å²) in [6, 6.07) is 16.1. The van der Waals surface area contributed by atoms with E-state index in [-0.39, 0.29) is 11.8 Å². The summed E-state index contributed by atoms with van der Waals surface area (Å²) in [4.78, 5) is 13.7. The van der Waals surface area contributed by atoms with Crippen molar-refractivity contribution in [2.24, 2.45) is 5.92 Å². The van der Waals surface area contributed by atoms with E-state index in [1.807, 2.05) is 36.4 Å². The van der Waals surface area contributed by atoms with Crippen molar-refractivity contribution in [2.45, 2.75) is 26.2 Å². The number of rotatable bonds is 6. The van der Waals surface area contributed by atoms with Gasteiger partial charge in [-0.25, -0.2) is 0 Å². The number of fused-ring (bicyclic) bond motifs is 1. The molecule has 1 atom stereocenters. The molecule has 0 spiro atoms. The lowest BCUT2D eigenvalue weighted by Gasteiger charge is -2.24. The molecule has 1 N–H and O–H groups in total. The number of methoxy groups -OCH3 is 1. The fourth-order valence-corrected chi connectivity index (χ4v) is 4.70. The van der Waals surface area contributed by atoms with Crippen molar-refractivity contribution in [1.82, 2.24) is 0 Å². The maximum atomic E-state index is 12.5. The molecule has 0 radical (unpaired) electrons. The van der Waals surface area contributed by atoms with E-state index in [2.05, 4.69) is 36.7 Å². The van der Waals surface area contributed by atoms with Crippen LogP contribution >= 0.6 is 11.3 Å². The molecular formula is C24H25NO3S. The lowest BCUT2D eigenvalue weighted by Crippen LogP contribution is -2.22. The third kappa shape index (κ3) is 4.15. The van der Waals surface area contributed by atoms with Crippen molar-refractivity contribution in [2.75, 3.05) is 19.0 Å². The summed E-state index contributed by atoms with van der Waals surface area (Å²) in [5.41, 5.74) is 4.20. The highest BCUT2D eigenvalue weighted by molar-refractivity contribution is 7.11. The number of hydrogen-bond donors (Lipinski definition) is 1. The molecule has 0 saturated carbocycles. The summed E-state index contributed by atoms with van der Waals surface area (Å²) in [5.74, 6) is 2.29. The van der Waals surface area contributed by atoms with E-state index < -0.39 is 0 Å². The van der Waals surface area contributed by atoms with Crippen molar-refractivity contribution in [3.05, 3.63) is 64.4 Å². The molecule has 29 heavy (non-hydrogen) atoms. The van der Waals surface area contributed by atoms with Gasteiger partial charge in [-0.1, -0.05) is 38.1 Å².